The van der Waals surface area contributed by atoms with Crippen molar-refractivity contribution in [1.82, 2.24) is 9.80 Å². The molecule has 1 heterocycles. The largest absolute Gasteiger partial charge is 0.395 e. The van der Waals surface area contributed by atoms with Gasteiger partial charge in [-0.15, -0.1) is 0 Å². The lowest BCUT2D eigenvalue weighted by Crippen LogP contribution is -2.42. The van der Waals surface area contributed by atoms with Gasteiger partial charge in [-0.05, 0) is 12.5 Å². The highest BCUT2D eigenvalue weighted by Gasteiger charge is 2.31. The van der Waals surface area contributed by atoms with E-state index in [2.05, 4.69) is 30.7 Å². The van der Waals surface area contributed by atoms with Crippen molar-refractivity contribution in [2.45, 2.75) is 19.9 Å². The fraction of sp³-hybridized carbons (Fsp3) is 1.00. The van der Waals surface area contributed by atoms with Crippen LogP contribution in [0, 0.1) is 5.41 Å². The number of aliphatic hydroxyl groups is 1. The highest BCUT2D eigenvalue weighted by molar-refractivity contribution is 4.86. The Balaban J connectivity index is 2.63. The molecule has 1 aliphatic heterocycles. The van der Waals surface area contributed by atoms with Crippen LogP contribution in [0.5, 0.6) is 0 Å². The van der Waals surface area contributed by atoms with Crippen LogP contribution in [0.2, 0.25) is 0 Å². The minimum absolute atomic E-state index is 0.232. The predicted octanol–water partition coefficient (Wildman–Crippen LogP) is 0.267. The van der Waals surface area contributed by atoms with Crippen LogP contribution in [-0.2, 0) is 4.74 Å². The van der Waals surface area contributed by atoms with Gasteiger partial charge in [-0.3, -0.25) is 9.80 Å². The van der Waals surface area contributed by atoms with Crippen molar-refractivity contribution in [2.75, 3.05) is 53.6 Å². The molecule has 0 aromatic rings. The zero-order valence-corrected chi connectivity index (χ0v) is 11.1. The van der Waals surface area contributed by atoms with Gasteiger partial charge in [0.05, 0.1) is 13.2 Å². The molecule has 0 aliphatic carbocycles. The van der Waals surface area contributed by atoms with Crippen LogP contribution in [0.15, 0.2) is 0 Å². The van der Waals surface area contributed by atoms with Crippen LogP contribution < -0.4 is 0 Å². The van der Waals surface area contributed by atoms with Crippen LogP contribution in [0.25, 0.3) is 0 Å². The van der Waals surface area contributed by atoms with Crippen molar-refractivity contribution in [3.8, 4) is 0 Å². The summed E-state index contributed by atoms with van der Waals surface area (Å²) in [5.74, 6) is 0. The van der Waals surface area contributed by atoms with Crippen molar-refractivity contribution >= 4 is 0 Å². The molecule has 1 unspecified atom stereocenters. The first-order valence-electron chi connectivity index (χ1n) is 6.01. The minimum Gasteiger partial charge on any atom is -0.395 e. The van der Waals surface area contributed by atoms with Gasteiger partial charge in [0.1, 0.15) is 0 Å². The lowest BCUT2D eigenvalue weighted by atomic mass is 9.93. The smallest absolute Gasteiger partial charge is 0.0599 e. The Labute approximate surface area is 99.2 Å². The standard InChI is InChI=1S/C12H26N2O2/c1-12(2)9-13(3)11(8-15)7-14(10-12)5-6-16-4/h11,15H,5-10H2,1-4H3. The molecule has 1 atom stereocenters. The number of rotatable bonds is 4. The summed E-state index contributed by atoms with van der Waals surface area (Å²) in [7, 11) is 3.83. The number of aliphatic hydroxyl groups excluding tert-OH is 1. The first-order chi connectivity index (χ1) is 7.48. The van der Waals surface area contributed by atoms with E-state index >= 15 is 0 Å². The second-order valence-corrected chi connectivity index (χ2v) is 5.64. The molecule has 16 heavy (non-hydrogen) atoms. The van der Waals surface area contributed by atoms with Gasteiger partial charge in [0.2, 0.25) is 0 Å². The van der Waals surface area contributed by atoms with Crippen LogP contribution in [0.1, 0.15) is 13.8 Å². The van der Waals surface area contributed by atoms with E-state index in [1.165, 1.54) is 0 Å². The molecule has 1 saturated heterocycles. The molecule has 0 aromatic carbocycles. The molecule has 1 rings (SSSR count). The Morgan fingerprint density at radius 3 is 2.62 bits per heavy atom. The molecule has 4 nitrogen and oxygen atoms in total. The van der Waals surface area contributed by atoms with Crippen molar-refractivity contribution in [2.24, 2.45) is 5.41 Å². The van der Waals surface area contributed by atoms with E-state index in [-0.39, 0.29) is 18.1 Å². The molecule has 1 aliphatic rings. The number of hydrogen-bond acceptors (Lipinski definition) is 4. The van der Waals surface area contributed by atoms with E-state index in [0.717, 1.165) is 32.8 Å². The van der Waals surface area contributed by atoms with Gasteiger partial charge in [-0.2, -0.15) is 0 Å². The molecule has 4 heteroatoms. The Hall–Kier alpha value is -0.160. The summed E-state index contributed by atoms with van der Waals surface area (Å²) in [6.45, 7) is 9.53. The maximum atomic E-state index is 9.40. The van der Waals surface area contributed by atoms with Gasteiger partial charge >= 0.3 is 0 Å². The molecular formula is C12H26N2O2. The molecule has 0 amide bonds. The summed E-state index contributed by atoms with van der Waals surface area (Å²) >= 11 is 0. The van der Waals surface area contributed by atoms with Gasteiger partial charge in [-0.25, -0.2) is 0 Å². The van der Waals surface area contributed by atoms with E-state index in [4.69, 9.17) is 4.74 Å². The third-order valence-corrected chi connectivity index (χ3v) is 3.24. The predicted molar refractivity (Wildman–Crippen MR) is 65.6 cm³/mol. The molecular weight excluding hydrogens is 204 g/mol. The quantitative estimate of drug-likeness (QED) is 0.752. The zero-order chi connectivity index (χ0) is 12.2. The van der Waals surface area contributed by atoms with Crippen LogP contribution in [0.4, 0.5) is 0 Å². The van der Waals surface area contributed by atoms with Crippen molar-refractivity contribution < 1.29 is 9.84 Å². The van der Waals surface area contributed by atoms with Crippen molar-refractivity contribution in [1.29, 1.82) is 0 Å². The summed E-state index contributed by atoms with van der Waals surface area (Å²) in [6.07, 6.45) is 0. The highest BCUT2D eigenvalue weighted by Crippen LogP contribution is 2.23. The Bertz CT molecular complexity index is 209. The van der Waals surface area contributed by atoms with E-state index in [9.17, 15) is 5.11 Å². The maximum absolute atomic E-state index is 9.40. The van der Waals surface area contributed by atoms with Gasteiger partial charge < -0.3 is 9.84 Å². The van der Waals surface area contributed by atoms with Crippen LogP contribution in [-0.4, -0.2) is 74.5 Å². The van der Waals surface area contributed by atoms with E-state index < -0.39 is 0 Å². The summed E-state index contributed by atoms with van der Waals surface area (Å²) in [5.41, 5.74) is 0.270. The average molecular weight is 230 g/mol. The number of likely N-dealkylation sites (N-methyl/N-ethyl adjacent to an activating group) is 1. The fourth-order valence-electron chi connectivity index (χ4n) is 2.55. The summed E-state index contributed by atoms with van der Waals surface area (Å²) in [6, 6.07) is 0.249. The van der Waals surface area contributed by atoms with Crippen LogP contribution in [0.3, 0.4) is 0 Å². The summed E-state index contributed by atoms with van der Waals surface area (Å²) in [4.78, 5) is 4.67. The monoisotopic (exact) mass is 230 g/mol. The third kappa shape index (κ3) is 4.01. The van der Waals surface area contributed by atoms with E-state index in [1.54, 1.807) is 7.11 Å². The molecule has 0 saturated carbocycles. The first-order valence-corrected chi connectivity index (χ1v) is 6.01. The second kappa shape index (κ2) is 5.96. The average Bonchev–Trinajstić information content (AvgIpc) is 2.30. The molecule has 1 fully saturated rings. The van der Waals surface area contributed by atoms with E-state index in [1.807, 2.05) is 0 Å². The summed E-state index contributed by atoms with van der Waals surface area (Å²) in [5, 5.41) is 9.40. The minimum atomic E-state index is 0.232. The molecule has 0 bridgehead atoms. The normalized spacial score (nSPS) is 27.9. The Kier molecular flexibility index (Phi) is 5.18. The van der Waals surface area contributed by atoms with Gasteiger partial charge in [0.25, 0.3) is 0 Å². The Morgan fingerprint density at radius 1 is 1.38 bits per heavy atom. The number of ether oxygens (including phenoxy) is 1. The molecule has 0 radical (unpaired) electrons. The zero-order valence-electron chi connectivity index (χ0n) is 11.1. The lowest BCUT2D eigenvalue weighted by molar-refractivity contribution is 0.111. The Morgan fingerprint density at radius 2 is 2.06 bits per heavy atom. The maximum Gasteiger partial charge on any atom is 0.0599 e. The highest BCUT2D eigenvalue weighted by atomic mass is 16.5. The third-order valence-electron chi connectivity index (χ3n) is 3.24. The molecule has 0 spiro atoms. The van der Waals surface area contributed by atoms with Crippen molar-refractivity contribution in [3.63, 3.8) is 0 Å². The topological polar surface area (TPSA) is 35.9 Å². The molecule has 1 N–H and O–H groups in total. The molecule has 0 aromatic heterocycles. The first kappa shape index (κ1) is 13.9. The fourth-order valence-corrected chi connectivity index (χ4v) is 2.55. The van der Waals surface area contributed by atoms with Gasteiger partial charge in [0, 0.05) is 39.3 Å². The van der Waals surface area contributed by atoms with Gasteiger partial charge in [-0.1, -0.05) is 13.8 Å². The van der Waals surface area contributed by atoms with E-state index in [0.29, 0.717) is 0 Å². The van der Waals surface area contributed by atoms with Crippen LogP contribution >= 0.6 is 0 Å². The molecule has 96 valence electrons. The number of nitrogens with zero attached hydrogens (tertiary/aromatic N) is 2. The van der Waals surface area contributed by atoms with Gasteiger partial charge in [0.15, 0.2) is 0 Å². The second-order valence-electron chi connectivity index (χ2n) is 5.64. The summed E-state index contributed by atoms with van der Waals surface area (Å²) < 4.78 is 5.13. The van der Waals surface area contributed by atoms with Crippen molar-refractivity contribution in [3.05, 3.63) is 0 Å². The lowest BCUT2D eigenvalue weighted by Gasteiger charge is -2.30. The number of methoxy groups -OCH3 is 1. The number of hydrogen-bond donors (Lipinski definition) is 1. The SMILES string of the molecule is COCCN1CC(CO)N(C)CC(C)(C)C1.